The first-order valence-corrected chi connectivity index (χ1v) is 9.69. The number of carboxylic acid groups (broad SMARTS) is 1. The van der Waals surface area contributed by atoms with Crippen LogP contribution in [-0.4, -0.2) is 66.8 Å². The highest BCUT2D eigenvalue weighted by molar-refractivity contribution is 6.43. The molecule has 25 heavy (non-hydrogen) atoms. The Morgan fingerprint density at radius 1 is 1.08 bits per heavy atom. The zero-order chi connectivity index (χ0) is 17.8. The van der Waals surface area contributed by atoms with Gasteiger partial charge in [-0.15, -0.1) is 0 Å². The summed E-state index contributed by atoms with van der Waals surface area (Å²) in [7, 11) is 0. The van der Waals surface area contributed by atoms with Crippen molar-refractivity contribution in [2.45, 2.75) is 19.3 Å². The maximum atomic E-state index is 11.0. The van der Waals surface area contributed by atoms with Crippen LogP contribution in [0.15, 0.2) is 18.2 Å². The van der Waals surface area contributed by atoms with Gasteiger partial charge in [0.15, 0.2) is 0 Å². The van der Waals surface area contributed by atoms with Gasteiger partial charge in [-0.1, -0.05) is 29.3 Å². The zero-order valence-electron chi connectivity index (χ0n) is 14.3. The van der Waals surface area contributed by atoms with Crippen LogP contribution < -0.4 is 4.90 Å². The van der Waals surface area contributed by atoms with Gasteiger partial charge in [0.1, 0.15) is 0 Å². The molecule has 5 nitrogen and oxygen atoms in total. The predicted octanol–water partition coefficient (Wildman–Crippen LogP) is 3.90. The number of anilines is 1. The molecule has 0 radical (unpaired) electrons. The van der Waals surface area contributed by atoms with E-state index in [9.17, 15) is 4.79 Å². The van der Waals surface area contributed by atoms with Crippen LogP contribution in [0.25, 0.3) is 0 Å². The summed E-state index contributed by atoms with van der Waals surface area (Å²) in [5.74, 6) is 0.649. The second kappa shape index (κ2) is 8.47. The first-order chi connectivity index (χ1) is 12.0. The Morgan fingerprint density at radius 2 is 1.76 bits per heavy atom. The molecule has 0 saturated carbocycles. The van der Waals surface area contributed by atoms with Gasteiger partial charge in [-0.25, -0.2) is 4.79 Å². The van der Waals surface area contributed by atoms with Gasteiger partial charge in [0.2, 0.25) is 0 Å². The number of rotatable bonds is 4. The summed E-state index contributed by atoms with van der Waals surface area (Å²) >= 11 is 12.4. The van der Waals surface area contributed by atoms with Gasteiger partial charge in [-0.2, -0.15) is 0 Å². The fourth-order valence-electron chi connectivity index (χ4n) is 3.73. The SMILES string of the molecule is O=C(O)N1CCC(CCN2CCN(c3cccc(Cl)c3Cl)CC2)CC1. The minimum absolute atomic E-state index is 0.606. The van der Waals surface area contributed by atoms with Gasteiger partial charge in [-0.05, 0) is 43.9 Å². The van der Waals surface area contributed by atoms with Crippen molar-refractivity contribution in [3.63, 3.8) is 0 Å². The summed E-state index contributed by atoms with van der Waals surface area (Å²) in [6.45, 7) is 6.42. The van der Waals surface area contributed by atoms with Gasteiger partial charge in [-0.3, -0.25) is 4.90 Å². The summed E-state index contributed by atoms with van der Waals surface area (Å²) < 4.78 is 0. The van der Waals surface area contributed by atoms with Crippen molar-refractivity contribution in [3.05, 3.63) is 28.2 Å². The van der Waals surface area contributed by atoms with Crippen molar-refractivity contribution in [2.75, 3.05) is 50.7 Å². The molecule has 1 amide bonds. The van der Waals surface area contributed by atoms with E-state index in [1.54, 1.807) is 0 Å². The number of hydrogen-bond donors (Lipinski definition) is 1. The van der Waals surface area contributed by atoms with E-state index < -0.39 is 6.09 Å². The molecule has 0 aliphatic carbocycles. The Bertz CT molecular complexity index is 598. The van der Waals surface area contributed by atoms with Crippen molar-refractivity contribution in [3.8, 4) is 0 Å². The summed E-state index contributed by atoms with van der Waals surface area (Å²) in [5, 5.41) is 10.3. The first-order valence-electron chi connectivity index (χ1n) is 8.94. The quantitative estimate of drug-likeness (QED) is 0.853. The Kier molecular flexibility index (Phi) is 6.31. The number of piperazine rings is 1. The van der Waals surface area contributed by atoms with Crippen LogP contribution in [0.2, 0.25) is 10.0 Å². The zero-order valence-corrected chi connectivity index (χ0v) is 15.8. The fraction of sp³-hybridized carbons (Fsp3) is 0.611. The average Bonchev–Trinajstić information content (AvgIpc) is 2.63. The number of benzene rings is 1. The molecular weight excluding hydrogens is 361 g/mol. The first kappa shape index (κ1) is 18.6. The van der Waals surface area contributed by atoms with Crippen LogP contribution in [0.3, 0.4) is 0 Å². The lowest BCUT2D eigenvalue weighted by Crippen LogP contribution is -2.47. The molecule has 2 aliphatic heterocycles. The molecule has 7 heteroatoms. The van der Waals surface area contributed by atoms with Crippen molar-refractivity contribution in [2.24, 2.45) is 5.92 Å². The monoisotopic (exact) mass is 385 g/mol. The van der Waals surface area contributed by atoms with E-state index in [1.165, 1.54) is 4.90 Å². The van der Waals surface area contributed by atoms with Crippen LogP contribution >= 0.6 is 23.2 Å². The molecule has 0 unspecified atom stereocenters. The summed E-state index contributed by atoms with van der Waals surface area (Å²) in [4.78, 5) is 17.3. The highest BCUT2D eigenvalue weighted by Crippen LogP contribution is 2.33. The van der Waals surface area contributed by atoms with E-state index in [-0.39, 0.29) is 0 Å². The summed E-state index contributed by atoms with van der Waals surface area (Å²) in [5.41, 5.74) is 1.02. The Morgan fingerprint density at radius 3 is 2.40 bits per heavy atom. The van der Waals surface area contributed by atoms with Gasteiger partial charge in [0, 0.05) is 39.3 Å². The van der Waals surface area contributed by atoms with E-state index in [4.69, 9.17) is 28.3 Å². The molecule has 1 aromatic carbocycles. The molecule has 1 aromatic rings. The molecule has 0 atom stereocenters. The largest absolute Gasteiger partial charge is 0.465 e. The van der Waals surface area contributed by atoms with Crippen LogP contribution in [0, 0.1) is 5.92 Å². The highest BCUT2D eigenvalue weighted by atomic mass is 35.5. The maximum absolute atomic E-state index is 11.0. The number of piperidine rings is 1. The van der Waals surface area contributed by atoms with Crippen molar-refractivity contribution >= 4 is 35.0 Å². The Balaban J connectivity index is 1.41. The van der Waals surface area contributed by atoms with Crippen LogP contribution in [0.5, 0.6) is 0 Å². The van der Waals surface area contributed by atoms with E-state index in [0.717, 1.165) is 57.7 Å². The third-order valence-electron chi connectivity index (χ3n) is 5.38. The second-order valence-electron chi connectivity index (χ2n) is 6.90. The van der Waals surface area contributed by atoms with E-state index in [2.05, 4.69) is 9.80 Å². The van der Waals surface area contributed by atoms with Gasteiger partial charge in [0.25, 0.3) is 0 Å². The standard InChI is InChI=1S/C18H25Cl2N3O2/c19-15-2-1-3-16(17(15)20)22-12-10-21(11-13-22)7-4-14-5-8-23(9-6-14)18(24)25/h1-3,14H,4-13H2,(H,24,25). The predicted molar refractivity (Wildman–Crippen MR) is 102 cm³/mol. The van der Waals surface area contributed by atoms with E-state index in [0.29, 0.717) is 29.1 Å². The third kappa shape index (κ3) is 4.72. The third-order valence-corrected chi connectivity index (χ3v) is 6.19. The number of halogens is 2. The lowest BCUT2D eigenvalue weighted by Gasteiger charge is -2.37. The molecule has 2 fully saturated rings. The molecule has 1 N–H and O–H groups in total. The van der Waals surface area contributed by atoms with Crippen molar-refractivity contribution < 1.29 is 9.90 Å². The smallest absolute Gasteiger partial charge is 0.407 e. The minimum Gasteiger partial charge on any atom is -0.465 e. The van der Waals surface area contributed by atoms with Gasteiger partial charge in [0.05, 0.1) is 15.7 Å². The number of nitrogens with zero attached hydrogens (tertiary/aromatic N) is 3. The Labute approximate surface area is 159 Å². The van der Waals surface area contributed by atoms with Crippen molar-refractivity contribution in [1.29, 1.82) is 0 Å². The normalized spacial score (nSPS) is 20.1. The molecule has 0 aromatic heterocycles. The van der Waals surface area contributed by atoms with E-state index >= 15 is 0 Å². The second-order valence-corrected chi connectivity index (χ2v) is 7.69. The molecule has 3 rings (SSSR count). The van der Waals surface area contributed by atoms with Crippen LogP contribution in [0.1, 0.15) is 19.3 Å². The molecule has 2 aliphatic rings. The van der Waals surface area contributed by atoms with E-state index in [1.807, 2.05) is 18.2 Å². The average molecular weight is 386 g/mol. The maximum Gasteiger partial charge on any atom is 0.407 e. The summed E-state index contributed by atoms with van der Waals surface area (Å²) in [6.07, 6.45) is 2.36. The summed E-state index contributed by atoms with van der Waals surface area (Å²) in [6, 6.07) is 5.79. The van der Waals surface area contributed by atoms with Gasteiger partial charge >= 0.3 is 6.09 Å². The van der Waals surface area contributed by atoms with Crippen molar-refractivity contribution in [1.82, 2.24) is 9.80 Å². The van der Waals surface area contributed by atoms with Crippen LogP contribution in [-0.2, 0) is 0 Å². The molecule has 0 spiro atoms. The fourth-order valence-corrected chi connectivity index (χ4v) is 4.14. The topological polar surface area (TPSA) is 47.0 Å². The number of hydrogen-bond acceptors (Lipinski definition) is 3. The Hall–Kier alpha value is -1.17. The highest BCUT2D eigenvalue weighted by Gasteiger charge is 2.24. The molecule has 0 bridgehead atoms. The lowest BCUT2D eigenvalue weighted by molar-refractivity contribution is 0.119. The van der Waals surface area contributed by atoms with Crippen LogP contribution in [0.4, 0.5) is 10.5 Å². The molecular formula is C18H25Cl2N3O2. The lowest BCUT2D eigenvalue weighted by atomic mass is 9.93. The molecule has 2 heterocycles. The van der Waals surface area contributed by atoms with Gasteiger partial charge < -0.3 is 14.9 Å². The molecule has 2 saturated heterocycles. The number of amides is 1. The minimum atomic E-state index is -0.783. The molecule has 138 valence electrons. The number of carbonyl (C=O) groups is 1. The number of likely N-dealkylation sites (tertiary alicyclic amines) is 1.